The Bertz CT molecular complexity index is 1160. The van der Waals surface area contributed by atoms with E-state index in [0.29, 0.717) is 6.42 Å². The lowest BCUT2D eigenvalue weighted by Crippen LogP contribution is -2.32. The van der Waals surface area contributed by atoms with Gasteiger partial charge in [-0.1, -0.05) is 56.3 Å². The number of carbonyl (C=O) groups is 1. The maximum atomic E-state index is 13.4. The van der Waals surface area contributed by atoms with Crippen LogP contribution in [-0.2, 0) is 4.79 Å². The van der Waals surface area contributed by atoms with Gasteiger partial charge in [-0.15, -0.1) is 11.8 Å². The number of allylic oxidation sites excluding steroid dienone is 1. The summed E-state index contributed by atoms with van der Waals surface area (Å²) < 4.78 is 0. The predicted molar refractivity (Wildman–Crippen MR) is 123 cm³/mol. The number of hydrogen-bond acceptors (Lipinski definition) is 3. The first kappa shape index (κ1) is 18.5. The van der Waals surface area contributed by atoms with Gasteiger partial charge in [0.2, 0.25) is 0 Å². The maximum Gasteiger partial charge on any atom is 0.164 e. The SMILES string of the molecule is CSc1ccc(C2Nc3ccc4ccccc4c3C3=C2CC(C)(C)CC3=O)cc1. The third-order valence-electron chi connectivity index (χ3n) is 6.18. The largest absolute Gasteiger partial charge is 0.374 e. The lowest BCUT2D eigenvalue weighted by molar-refractivity contribution is -0.116. The van der Waals surface area contributed by atoms with Crippen molar-refractivity contribution in [3.63, 3.8) is 0 Å². The Morgan fingerprint density at radius 2 is 1.72 bits per heavy atom. The van der Waals surface area contributed by atoms with E-state index in [1.807, 2.05) is 0 Å². The van der Waals surface area contributed by atoms with E-state index in [1.165, 1.54) is 21.4 Å². The first-order valence-electron chi connectivity index (χ1n) is 10.2. The van der Waals surface area contributed by atoms with Crippen molar-refractivity contribution in [1.82, 2.24) is 0 Å². The molecule has 29 heavy (non-hydrogen) atoms. The molecular formula is C26H25NOS. The zero-order valence-electron chi connectivity index (χ0n) is 17.1. The molecule has 1 heterocycles. The Balaban J connectivity index is 1.76. The second-order valence-corrected chi connectivity index (χ2v) is 9.78. The molecule has 0 saturated heterocycles. The summed E-state index contributed by atoms with van der Waals surface area (Å²) in [6, 6.07) is 21.5. The molecule has 3 aromatic carbocycles. The highest BCUT2D eigenvalue weighted by Crippen LogP contribution is 2.51. The van der Waals surface area contributed by atoms with Gasteiger partial charge < -0.3 is 5.32 Å². The molecule has 0 amide bonds. The third kappa shape index (κ3) is 3.08. The third-order valence-corrected chi connectivity index (χ3v) is 6.93. The minimum Gasteiger partial charge on any atom is -0.374 e. The summed E-state index contributed by atoms with van der Waals surface area (Å²) in [4.78, 5) is 14.7. The monoisotopic (exact) mass is 399 g/mol. The molecular weight excluding hydrogens is 374 g/mol. The van der Waals surface area contributed by atoms with Crippen LogP contribution in [0.25, 0.3) is 16.3 Å². The van der Waals surface area contributed by atoms with Gasteiger partial charge in [0, 0.05) is 28.1 Å². The number of benzene rings is 3. The fraction of sp³-hybridized carbons (Fsp3) is 0.269. The van der Waals surface area contributed by atoms with Crippen LogP contribution in [0.5, 0.6) is 0 Å². The number of fused-ring (bicyclic) bond motifs is 4. The number of ketones is 1. The van der Waals surface area contributed by atoms with Crippen LogP contribution in [0.4, 0.5) is 5.69 Å². The van der Waals surface area contributed by atoms with Gasteiger partial charge in [-0.05, 0) is 58.2 Å². The van der Waals surface area contributed by atoms with Gasteiger partial charge in [0.05, 0.1) is 6.04 Å². The van der Waals surface area contributed by atoms with Crippen LogP contribution < -0.4 is 5.32 Å². The molecule has 0 spiro atoms. The minimum absolute atomic E-state index is 0.0167. The van der Waals surface area contributed by atoms with E-state index in [4.69, 9.17) is 0 Å². The van der Waals surface area contributed by atoms with E-state index in [1.54, 1.807) is 11.8 Å². The number of rotatable bonds is 2. The number of nitrogens with one attached hydrogen (secondary N) is 1. The molecule has 2 aliphatic rings. The Labute approximate surface area is 176 Å². The highest BCUT2D eigenvalue weighted by atomic mass is 32.2. The Kier molecular flexibility index (Phi) is 4.32. The number of anilines is 1. The summed E-state index contributed by atoms with van der Waals surface area (Å²) in [5.41, 5.74) is 5.56. The summed E-state index contributed by atoms with van der Waals surface area (Å²) in [5, 5.41) is 6.13. The molecule has 1 aliphatic heterocycles. The molecule has 1 unspecified atom stereocenters. The maximum absolute atomic E-state index is 13.4. The van der Waals surface area contributed by atoms with Gasteiger partial charge in [-0.2, -0.15) is 0 Å². The predicted octanol–water partition coefficient (Wildman–Crippen LogP) is 6.87. The second kappa shape index (κ2) is 6.77. The van der Waals surface area contributed by atoms with E-state index in [0.717, 1.165) is 28.6 Å². The van der Waals surface area contributed by atoms with Crippen LogP contribution in [0, 0.1) is 5.41 Å². The average molecular weight is 400 g/mol. The van der Waals surface area contributed by atoms with Gasteiger partial charge >= 0.3 is 0 Å². The van der Waals surface area contributed by atoms with E-state index in [2.05, 4.69) is 86.1 Å². The van der Waals surface area contributed by atoms with Crippen molar-refractivity contribution in [2.75, 3.05) is 11.6 Å². The van der Waals surface area contributed by atoms with Crippen LogP contribution in [0.15, 0.2) is 71.1 Å². The normalized spacial score (nSPS) is 20.2. The summed E-state index contributed by atoms with van der Waals surface area (Å²) >= 11 is 1.75. The first-order chi connectivity index (χ1) is 14.0. The number of hydrogen-bond donors (Lipinski definition) is 1. The molecule has 0 saturated carbocycles. The fourth-order valence-electron chi connectivity index (χ4n) is 4.90. The topological polar surface area (TPSA) is 29.1 Å². The average Bonchev–Trinajstić information content (AvgIpc) is 2.72. The molecule has 0 radical (unpaired) electrons. The Morgan fingerprint density at radius 3 is 2.48 bits per heavy atom. The van der Waals surface area contributed by atoms with Crippen LogP contribution >= 0.6 is 11.8 Å². The fourth-order valence-corrected chi connectivity index (χ4v) is 5.31. The van der Waals surface area contributed by atoms with Crippen LogP contribution in [-0.4, -0.2) is 12.0 Å². The highest BCUT2D eigenvalue weighted by molar-refractivity contribution is 7.98. The summed E-state index contributed by atoms with van der Waals surface area (Å²) in [6.45, 7) is 4.42. The van der Waals surface area contributed by atoms with Gasteiger partial charge in [-0.25, -0.2) is 0 Å². The van der Waals surface area contributed by atoms with Crippen molar-refractivity contribution in [2.45, 2.75) is 37.6 Å². The van der Waals surface area contributed by atoms with Crippen LogP contribution in [0.3, 0.4) is 0 Å². The molecule has 2 nitrogen and oxygen atoms in total. The zero-order chi connectivity index (χ0) is 20.2. The molecule has 0 bridgehead atoms. The number of carbonyl (C=O) groups excluding carboxylic acids is 1. The van der Waals surface area contributed by atoms with Crippen molar-refractivity contribution >= 4 is 39.6 Å². The summed E-state index contributed by atoms with van der Waals surface area (Å²) in [6.07, 6.45) is 3.63. The van der Waals surface area contributed by atoms with Crippen LogP contribution in [0.2, 0.25) is 0 Å². The smallest absolute Gasteiger partial charge is 0.164 e. The molecule has 3 heteroatoms. The van der Waals surface area contributed by atoms with Crippen LogP contribution in [0.1, 0.15) is 43.9 Å². The number of thioether (sulfide) groups is 1. The van der Waals surface area contributed by atoms with Gasteiger partial charge in [0.15, 0.2) is 5.78 Å². The summed E-state index contributed by atoms with van der Waals surface area (Å²) in [5.74, 6) is 0.279. The Morgan fingerprint density at radius 1 is 0.966 bits per heavy atom. The van der Waals surface area contributed by atoms with E-state index < -0.39 is 0 Å². The minimum atomic E-state index is -0.0167. The highest BCUT2D eigenvalue weighted by Gasteiger charge is 2.40. The first-order valence-corrected chi connectivity index (χ1v) is 11.4. The van der Waals surface area contributed by atoms with E-state index in [-0.39, 0.29) is 17.2 Å². The van der Waals surface area contributed by atoms with Gasteiger partial charge in [-0.3, -0.25) is 4.79 Å². The van der Waals surface area contributed by atoms with E-state index in [9.17, 15) is 4.79 Å². The summed E-state index contributed by atoms with van der Waals surface area (Å²) in [7, 11) is 0. The molecule has 3 aromatic rings. The van der Waals surface area contributed by atoms with Crippen molar-refractivity contribution in [3.05, 3.63) is 77.4 Å². The number of Topliss-reactive ketones (excluding diaryl/α,β-unsaturated/α-hetero) is 1. The molecule has 0 aromatic heterocycles. The Hall–Kier alpha value is -2.52. The lowest BCUT2D eigenvalue weighted by atomic mass is 9.68. The van der Waals surface area contributed by atoms with Crippen molar-refractivity contribution < 1.29 is 4.79 Å². The molecule has 5 rings (SSSR count). The van der Waals surface area contributed by atoms with Gasteiger partial charge in [0.1, 0.15) is 0 Å². The molecule has 1 atom stereocenters. The van der Waals surface area contributed by atoms with Crippen molar-refractivity contribution in [2.24, 2.45) is 5.41 Å². The quantitative estimate of drug-likeness (QED) is 0.477. The zero-order valence-corrected chi connectivity index (χ0v) is 17.9. The molecule has 1 N–H and O–H groups in total. The standard InChI is InChI=1S/C26H25NOS/c1-26(2)14-20-24(22(28)15-26)23-19-7-5-4-6-16(19)10-13-21(23)27-25(20)17-8-11-18(29-3)12-9-17/h4-13,25,27H,14-15H2,1-3H3. The van der Waals surface area contributed by atoms with Crippen molar-refractivity contribution in [3.8, 4) is 0 Å². The van der Waals surface area contributed by atoms with E-state index >= 15 is 0 Å². The molecule has 1 aliphatic carbocycles. The molecule has 0 fully saturated rings. The molecule has 146 valence electrons. The lowest BCUT2D eigenvalue weighted by Gasteiger charge is -2.40. The second-order valence-electron chi connectivity index (χ2n) is 8.90. The van der Waals surface area contributed by atoms with Gasteiger partial charge in [0.25, 0.3) is 0 Å². The van der Waals surface area contributed by atoms with Crippen molar-refractivity contribution in [1.29, 1.82) is 0 Å².